The predicted octanol–water partition coefficient (Wildman–Crippen LogP) is 3.74. The Kier molecular flexibility index (Phi) is 20.5. The van der Waals surface area contributed by atoms with Crippen molar-refractivity contribution >= 4 is 35.5 Å². The molecular weight excluding hydrogens is 783 g/mol. The van der Waals surface area contributed by atoms with Gasteiger partial charge in [0.1, 0.15) is 36.2 Å². The summed E-state index contributed by atoms with van der Waals surface area (Å²) in [6.07, 6.45) is 9.99. The van der Waals surface area contributed by atoms with Gasteiger partial charge in [0.05, 0.1) is 24.6 Å². The number of carbonyl (C=O) groups excluding carboxylic acids is 6. The molecule has 6 atom stereocenters. The fourth-order valence-corrected chi connectivity index (χ4v) is 6.74. The number of cyclic esters (lactones) is 1. The van der Waals surface area contributed by atoms with Crippen molar-refractivity contribution in [3.8, 4) is 11.5 Å². The molecule has 0 bridgehead atoms. The van der Waals surface area contributed by atoms with Crippen LogP contribution in [0.5, 0.6) is 11.5 Å². The number of aromatic hydroxyl groups is 2. The van der Waals surface area contributed by atoms with E-state index in [2.05, 4.69) is 28.2 Å². The van der Waals surface area contributed by atoms with Crippen LogP contribution in [0.2, 0.25) is 0 Å². The summed E-state index contributed by atoms with van der Waals surface area (Å²) in [7, 11) is 1.45. The number of nitrogens with one attached hydrogen (secondary N) is 4. The molecule has 0 saturated heterocycles. The molecular formula is C46H65N5O10. The summed E-state index contributed by atoms with van der Waals surface area (Å²) in [6, 6.07) is 7.30. The summed E-state index contributed by atoms with van der Waals surface area (Å²) in [5, 5.41) is 41.8. The zero-order chi connectivity index (χ0) is 45.1. The van der Waals surface area contributed by atoms with E-state index >= 15 is 0 Å². The zero-order valence-corrected chi connectivity index (χ0v) is 36.3. The second-order valence-corrected chi connectivity index (χ2v) is 16.3. The maximum atomic E-state index is 13.8. The van der Waals surface area contributed by atoms with Crippen LogP contribution >= 0.6 is 0 Å². The van der Waals surface area contributed by atoms with Crippen LogP contribution in [-0.2, 0) is 46.3 Å². The van der Waals surface area contributed by atoms with Crippen molar-refractivity contribution in [2.24, 2.45) is 11.8 Å². The molecule has 15 heteroatoms. The lowest BCUT2D eigenvalue weighted by Gasteiger charge is -2.32. The second-order valence-electron chi connectivity index (χ2n) is 16.3. The van der Waals surface area contributed by atoms with Crippen LogP contribution in [0.25, 0.3) is 0 Å². The van der Waals surface area contributed by atoms with E-state index < -0.39 is 84.9 Å². The molecule has 0 aliphatic carbocycles. The van der Waals surface area contributed by atoms with Gasteiger partial charge in [0.25, 0.3) is 0 Å². The Balaban J connectivity index is 1.75. The average Bonchev–Trinajstić information content (AvgIpc) is 3.21. The van der Waals surface area contributed by atoms with Gasteiger partial charge in [0.2, 0.25) is 29.5 Å². The number of benzene rings is 2. The van der Waals surface area contributed by atoms with Crippen LogP contribution in [0.4, 0.5) is 0 Å². The summed E-state index contributed by atoms with van der Waals surface area (Å²) in [5.74, 6) is -4.26. The summed E-state index contributed by atoms with van der Waals surface area (Å²) in [6.45, 7) is 8.65. The van der Waals surface area contributed by atoms with E-state index in [0.717, 1.165) is 38.2 Å². The van der Waals surface area contributed by atoms with Crippen LogP contribution in [-0.4, -0.2) is 106 Å². The van der Waals surface area contributed by atoms with Crippen LogP contribution in [0.1, 0.15) is 90.7 Å². The highest BCUT2D eigenvalue weighted by Crippen LogP contribution is 2.18. The van der Waals surface area contributed by atoms with Gasteiger partial charge in [-0.3, -0.25) is 24.0 Å². The van der Waals surface area contributed by atoms with Gasteiger partial charge in [-0.1, -0.05) is 96.4 Å². The third-order valence-corrected chi connectivity index (χ3v) is 10.5. The third kappa shape index (κ3) is 17.1. The number of rotatable bonds is 20. The highest BCUT2D eigenvalue weighted by Gasteiger charge is 2.36. The maximum absolute atomic E-state index is 13.8. The molecule has 2 aromatic rings. The Morgan fingerprint density at radius 3 is 2.13 bits per heavy atom. The minimum Gasteiger partial charge on any atom is -0.508 e. The molecule has 1 heterocycles. The fraction of sp³-hybridized carbons (Fsp3) is 0.522. The number of esters is 1. The van der Waals surface area contributed by atoms with E-state index in [9.17, 15) is 44.1 Å². The van der Waals surface area contributed by atoms with Crippen molar-refractivity contribution in [3.63, 3.8) is 0 Å². The number of aliphatic hydroxyl groups excluding tert-OH is 1. The molecule has 1 aliphatic rings. The van der Waals surface area contributed by atoms with Crippen molar-refractivity contribution < 1.29 is 48.8 Å². The van der Waals surface area contributed by atoms with Crippen LogP contribution < -0.4 is 21.3 Å². The quantitative estimate of drug-likeness (QED) is 0.0581. The first-order valence-corrected chi connectivity index (χ1v) is 21.2. The molecule has 0 spiro atoms. The summed E-state index contributed by atoms with van der Waals surface area (Å²) in [4.78, 5) is 81.8. The number of hydrogen-bond acceptors (Lipinski definition) is 10. The lowest BCUT2D eigenvalue weighted by atomic mass is 9.97. The average molecular weight is 848 g/mol. The predicted molar refractivity (Wildman–Crippen MR) is 231 cm³/mol. The Hall–Kier alpha value is -5.70. The van der Waals surface area contributed by atoms with E-state index in [1.807, 2.05) is 6.08 Å². The number of ether oxygens (including phenoxy) is 1. The van der Waals surface area contributed by atoms with Crippen molar-refractivity contribution in [1.82, 2.24) is 26.2 Å². The lowest BCUT2D eigenvalue weighted by molar-refractivity contribution is -0.156. The van der Waals surface area contributed by atoms with Gasteiger partial charge in [-0.25, -0.2) is 4.79 Å². The smallest absolute Gasteiger partial charge is 0.329 e. The molecule has 1 aliphatic heterocycles. The molecule has 15 nitrogen and oxygen atoms in total. The van der Waals surface area contributed by atoms with Gasteiger partial charge >= 0.3 is 5.97 Å². The van der Waals surface area contributed by atoms with Crippen molar-refractivity contribution in [1.29, 1.82) is 0 Å². The minimum absolute atomic E-state index is 0.0278. The van der Waals surface area contributed by atoms with Crippen LogP contribution in [0, 0.1) is 11.8 Å². The zero-order valence-electron chi connectivity index (χ0n) is 36.3. The number of aliphatic hydroxyl groups is 1. The van der Waals surface area contributed by atoms with Gasteiger partial charge < -0.3 is 46.2 Å². The molecule has 0 radical (unpaired) electrons. The SMILES string of the molecule is CCCCCC/C=C/CC(=O)NC(Cc1ccc(O)cc1)C(O)CC(=O)NC(C(=O)NC1/C=C/C(=O)NC(C(C)C)C(=O)N(C)C(Cc2ccc(O)cc2)C(=O)OC1)C(C)C. The molecule has 0 fully saturated rings. The highest BCUT2D eigenvalue weighted by atomic mass is 16.5. The number of nitrogens with zero attached hydrogens (tertiary/aromatic N) is 1. The van der Waals surface area contributed by atoms with Gasteiger partial charge in [-0.2, -0.15) is 0 Å². The molecule has 7 N–H and O–H groups in total. The highest BCUT2D eigenvalue weighted by molar-refractivity contribution is 5.95. The largest absolute Gasteiger partial charge is 0.508 e. The van der Waals surface area contributed by atoms with Gasteiger partial charge in [-0.05, 0) is 66.5 Å². The van der Waals surface area contributed by atoms with Gasteiger partial charge in [0, 0.05) is 26.0 Å². The number of carbonyl (C=O) groups is 6. The number of phenolic OH excluding ortho intramolecular Hbond substituents is 2. The normalized spacial score (nSPS) is 19.6. The van der Waals surface area contributed by atoms with Crippen molar-refractivity contribution in [2.75, 3.05) is 13.7 Å². The monoisotopic (exact) mass is 847 g/mol. The van der Waals surface area contributed by atoms with E-state index in [0.29, 0.717) is 11.1 Å². The topological polar surface area (TPSA) is 224 Å². The molecule has 334 valence electrons. The number of amides is 5. The third-order valence-electron chi connectivity index (χ3n) is 10.5. The van der Waals surface area contributed by atoms with E-state index in [1.54, 1.807) is 58.0 Å². The summed E-state index contributed by atoms with van der Waals surface area (Å²) < 4.78 is 5.67. The number of allylic oxidation sites excluding steroid dienone is 1. The molecule has 6 unspecified atom stereocenters. The van der Waals surface area contributed by atoms with Crippen LogP contribution in [0.3, 0.4) is 0 Å². The number of phenols is 2. The molecule has 2 aromatic carbocycles. The Bertz CT molecular complexity index is 1810. The Morgan fingerprint density at radius 1 is 0.885 bits per heavy atom. The maximum Gasteiger partial charge on any atom is 0.329 e. The Labute approximate surface area is 359 Å². The van der Waals surface area contributed by atoms with E-state index in [-0.39, 0.29) is 42.6 Å². The summed E-state index contributed by atoms with van der Waals surface area (Å²) >= 11 is 0. The van der Waals surface area contributed by atoms with Gasteiger partial charge in [-0.15, -0.1) is 0 Å². The molecule has 0 saturated carbocycles. The number of likely N-dealkylation sites (N-methyl/N-ethyl adjacent to an activating group) is 1. The first kappa shape index (κ1) is 49.7. The Morgan fingerprint density at radius 2 is 1.52 bits per heavy atom. The van der Waals surface area contributed by atoms with Crippen LogP contribution in [0.15, 0.2) is 72.8 Å². The number of unbranched alkanes of at least 4 members (excludes halogenated alkanes) is 4. The molecule has 61 heavy (non-hydrogen) atoms. The standard InChI is InChI=1S/C46H65N5O10/c1-7-8-9-10-11-12-13-14-39(55)48-36(25-31-15-20-34(52)21-16-31)38(54)27-41(57)50-42(29(2)3)44(58)47-33-19-24-40(56)49-43(30(4)5)45(59)51(6)37(46(60)61-28-33)26-32-17-22-35(53)23-18-32/h12-13,15-24,29-30,33,36-38,42-43,52-54H,7-11,14,25-28H2,1-6H3,(H,47,58)(H,48,55)(H,49,56)(H,50,57)/b13-12+,24-19+. The first-order chi connectivity index (χ1) is 29.0. The molecule has 0 aromatic heterocycles. The fourth-order valence-electron chi connectivity index (χ4n) is 6.74. The lowest BCUT2D eigenvalue weighted by Crippen LogP contribution is -2.56. The molecule has 5 amide bonds. The van der Waals surface area contributed by atoms with Crippen molar-refractivity contribution in [2.45, 2.75) is 129 Å². The second kappa shape index (κ2) is 25.2. The minimum atomic E-state index is -1.35. The van der Waals surface area contributed by atoms with E-state index in [1.165, 1.54) is 42.3 Å². The van der Waals surface area contributed by atoms with E-state index in [4.69, 9.17) is 4.74 Å². The summed E-state index contributed by atoms with van der Waals surface area (Å²) in [5.41, 5.74) is 1.34. The number of hydrogen-bond donors (Lipinski definition) is 7. The van der Waals surface area contributed by atoms with Crippen molar-refractivity contribution in [3.05, 3.63) is 84.0 Å². The van der Waals surface area contributed by atoms with Gasteiger partial charge in [0.15, 0.2) is 0 Å². The first-order valence-electron chi connectivity index (χ1n) is 21.2. The molecule has 3 rings (SSSR count).